The number of nitrogens with zero attached hydrogens (tertiary/aromatic N) is 1. The van der Waals surface area contributed by atoms with Gasteiger partial charge in [0.05, 0.1) is 6.04 Å². The van der Waals surface area contributed by atoms with Crippen LogP contribution >= 0.6 is 0 Å². The van der Waals surface area contributed by atoms with Gasteiger partial charge < -0.3 is 15.5 Å². The molecule has 1 amide bonds. The van der Waals surface area contributed by atoms with Crippen molar-refractivity contribution in [3.05, 3.63) is 0 Å². The van der Waals surface area contributed by atoms with Gasteiger partial charge in [-0.25, -0.2) is 0 Å². The first-order valence-electron chi connectivity index (χ1n) is 6.86. The number of carbonyl (C=O) groups is 1. The molecule has 2 N–H and O–H groups in total. The van der Waals surface area contributed by atoms with E-state index in [0.29, 0.717) is 0 Å². The number of hydrogen-bond donors (Lipinski definition) is 2. The molecule has 17 heavy (non-hydrogen) atoms. The largest absolute Gasteiger partial charge is 0.355 e. The molecule has 1 fully saturated rings. The molecule has 1 rings (SSSR count). The average Bonchev–Trinajstić information content (AvgIpc) is 2.23. The third-order valence-electron chi connectivity index (χ3n) is 3.21. The molecule has 0 bridgehead atoms. The summed E-state index contributed by atoms with van der Waals surface area (Å²) in [4.78, 5) is 14.1. The van der Waals surface area contributed by atoms with Crippen molar-refractivity contribution in [2.45, 2.75) is 44.6 Å². The molecule has 0 aromatic heterocycles. The Morgan fingerprint density at radius 1 is 1.29 bits per heavy atom. The monoisotopic (exact) mass is 241 g/mol. The van der Waals surface area contributed by atoms with E-state index in [0.717, 1.165) is 32.5 Å². The van der Waals surface area contributed by atoms with Crippen LogP contribution in [0.5, 0.6) is 0 Å². The third-order valence-corrected chi connectivity index (χ3v) is 3.21. The summed E-state index contributed by atoms with van der Waals surface area (Å²) in [5, 5.41) is 6.38. The van der Waals surface area contributed by atoms with E-state index in [-0.39, 0.29) is 11.9 Å². The zero-order valence-electron chi connectivity index (χ0n) is 11.3. The number of carbonyl (C=O) groups excluding carboxylic acids is 1. The van der Waals surface area contributed by atoms with E-state index in [1.54, 1.807) is 0 Å². The second kappa shape index (κ2) is 8.48. The summed E-state index contributed by atoms with van der Waals surface area (Å²) in [6, 6.07) is 0.0367. The highest BCUT2D eigenvalue weighted by atomic mass is 16.2. The van der Waals surface area contributed by atoms with E-state index in [1.165, 1.54) is 25.7 Å². The van der Waals surface area contributed by atoms with Crippen molar-refractivity contribution in [2.75, 3.05) is 33.7 Å². The predicted molar refractivity (Wildman–Crippen MR) is 71.1 cm³/mol. The van der Waals surface area contributed by atoms with Gasteiger partial charge in [0.25, 0.3) is 0 Å². The van der Waals surface area contributed by atoms with E-state index >= 15 is 0 Å². The summed E-state index contributed by atoms with van der Waals surface area (Å²) in [7, 11) is 4.11. The number of hydrogen-bond acceptors (Lipinski definition) is 3. The quantitative estimate of drug-likeness (QED) is 0.705. The lowest BCUT2D eigenvalue weighted by Crippen LogP contribution is -2.45. The van der Waals surface area contributed by atoms with Crippen molar-refractivity contribution in [2.24, 2.45) is 0 Å². The predicted octanol–water partition coefficient (Wildman–Crippen LogP) is 0.977. The minimum atomic E-state index is 0.0367. The Hall–Kier alpha value is -0.610. The Morgan fingerprint density at radius 2 is 2.06 bits per heavy atom. The highest BCUT2D eigenvalue weighted by Crippen LogP contribution is 2.09. The molecule has 100 valence electrons. The Labute approximate surface area is 105 Å². The topological polar surface area (TPSA) is 44.4 Å². The van der Waals surface area contributed by atoms with Crippen LogP contribution in [-0.2, 0) is 4.79 Å². The van der Waals surface area contributed by atoms with Crippen molar-refractivity contribution >= 4 is 5.91 Å². The Bertz CT molecular complexity index is 211. The first-order chi connectivity index (χ1) is 8.20. The fraction of sp³-hybridized carbons (Fsp3) is 0.923. The SMILES string of the molecule is CN(C)CCCNC(=O)C1CCCCCCN1. The first-order valence-corrected chi connectivity index (χ1v) is 6.86. The minimum Gasteiger partial charge on any atom is -0.355 e. The molecule has 4 heteroatoms. The van der Waals surface area contributed by atoms with Crippen molar-refractivity contribution in [3.8, 4) is 0 Å². The first kappa shape index (κ1) is 14.5. The molecule has 1 saturated heterocycles. The van der Waals surface area contributed by atoms with Gasteiger partial charge in [-0.15, -0.1) is 0 Å². The highest BCUT2D eigenvalue weighted by molar-refractivity contribution is 5.81. The average molecular weight is 241 g/mol. The van der Waals surface area contributed by atoms with Gasteiger partial charge in [-0.3, -0.25) is 4.79 Å². The molecule has 1 aliphatic rings. The summed E-state index contributed by atoms with van der Waals surface area (Å²) in [6.07, 6.45) is 6.94. The van der Waals surface area contributed by atoms with Gasteiger partial charge in [-0.05, 0) is 46.4 Å². The molecular formula is C13H27N3O. The van der Waals surface area contributed by atoms with Crippen molar-refractivity contribution in [3.63, 3.8) is 0 Å². The standard InChI is InChI=1S/C13H27N3O/c1-16(2)11-7-10-15-13(17)12-8-5-3-4-6-9-14-12/h12,14H,3-11H2,1-2H3,(H,15,17). The molecule has 0 saturated carbocycles. The van der Waals surface area contributed by atoms with Crippen LogP contribution in [0.3, 0.4) is 0 Å². The molecular weight excluding hydrogens is 214 g/mol. The smallest absolute Gasteiger partial charge is 0.237 e. The molecule has 1 heterocycles. The van der Waals surface area contributed by atoms with Crippen LogP contribution in [0.2, 0.25) is 0 Å². The maximum absolute atomic E-state index is 11.9. The van der Waals surface area contributed by atoms with E-state index in [1.807, 2.05) is 0 Å². The highest BCUT2D eigenvalue weighted by Gasteiger charge is 2.17. The normalized spacial score (nSPS) is 21.9. The summed E-state index contributed by atoms with van der Waals surface area (Å²) in [5.41, 5.74) is 0. The van der Waals surface area contributed by atoms with Crippen LogP contribution in [-0.4, -0.2) is 50.6 Å². The number of rotatable bonds is 5. The van der Waals surface area contributed by atoms with Gasteiger partial charge in [-0.1, -0.05) is 19.3 Å². The van der Waals surface area contributed by atoms with Crippen LogP contribution in [0.15, 0.2) is 0 Å². The molecule has 1 aliphatic heterocycles. The van der Waals surface area contributed by atoms with Gasteiger partial charge in [0.2, 0.25) is 5.91 Å². The maximum atomic E-state index is 11.9. The summed E-state index contributed by atoms with van der Waals surface area (Å²) >= 11 is 0. The van der Waals surface area contributed by atoms with E-state index in [9.17, 15) is 4.79 Å². The van der Waals surface area contributed by atoms with Crippen LogP contribution in [0.4, 0.5) is 0 Å². The lowest BCUT2D eigenvalue weighted by Gasteiger charge is -2.21. The molecule has 0 aromatic carbocycles. The van der Waals surface area contributed by atoms with E-state index in [2.05, 4.69) is 29.6 Å². The number of amides is 1. The molecule has 1 atom stereocenters. The summed E-state index contributed by atoms with van der Waals surface area (Å²) in [5.74, 6) is 0.186. The van der Waals surface area contributed by atoms with Gasteiger partial charge in [0.15, 0.2) is 0 Å². The molecule has 0 radical (unpaired) electrons. The van der Waals surface area contributed by atoms with Crippen molar-refractivity contribution in [1.29, 1.82) is 0 Å². The van der Waals surface area contributed by atoms with Gasteiger partial charge in [-0.2, -0.15) is 0 Å². The lowest BCUT2D eigenvalue weighted by molar-refractivity contribution is -0.123. The van der Waals surface area contributed by atoms with Crippen molar-refractivity contribution in [1.82, 2.24) is 15.5 Å². The summed E-state index contributed by atoms with van der Waals surface area (Å²) in [6.45, 7) is 2.79. The second-order valence-electron chi connectivity index (χ2n) is 5.16. The molecule has 0 aliphatic carbocycles. The zero-order valence-corrected chi connectivity index (χ0v) is 11.3. The number of nitrogens with one attached hydrogen (secondary N) is 2. The maximum Gasteiger partial charge on any atom is 0.237 e. The van der Waals surface area contributed by atoms with Crippen LogP contribution in [0.25, 0.3) is 0 Å². The zero-order chi connectivity index (χ0) is 12.5. The van der Waals surface area contributed by atoms with Crippen LogP contribution in [0.1, 0.15) is 38.5 Å². The second-order valence-corrected chi connectivity index (χ2v) is 5.16. The van der Waals surface area contributed by atoms with Gasteiger partial charge in [0.1, 0.15) is 0 Å². The molecule has 4 nitrogen and oxygen atoms in total. The fourth-order valence-electron chi connectivity index (χ4n) is 2.16. The third kappa shape index (κ3) is 6.64. The fourth-order valence-corrected chi connectivity index (χ4v) is 2.16. The molecule has 0 aromatic rings. The van der Waals surface area contributed by atoms with Crippen molar-refractivity contribution < 1.29 is 4.79 Å². The van der Waals surface area contributed by atoms with E-state index < -0.39 is 0 Å². The van der Waals surface area contributed by atoms with Crippen LogP contribution < -0.4 is 10.6 Å². The van der Waals surface area contributed by atoms with Gasteiger partial charge in [0, 0.05) is 6.54 Å². The lowest BCUT2D eigenvalue weighted by atomic mass is 10.0. The molecule has 0 spiro atoms. The van der Waals surface area contributed by atoms with Crippen LogP contribution in [0, 0.1) is 0 Å². The minimum absolute atomic E-state index is 0.0367. The van der Waals surface area contributed by atoms with E-state index in [4.69, 9.17) is 0 Å². The summed E-state index contributed by atoms with van der Waals surface area (Å²) < 4.78 is 0. The molecule has 1 unspecified atom stereocenters. The Kier molecular flexibility index (Phi) is 7.21. The Balaban J connectivity index is 2.16. The Morgan fingerprint density at radius 3 is 2.82 bits per heavy atom. The van der Waals surface area contributed by atoms with Gasteiger partial charge >= 0.3 is 0 Å².